The summed E-state index contributed by atoms with van der Waals surface area (Å²) in [5.41, 5.74) is 4.41. The molecule has 0 spiro atoms. The fourth-order valence-corrected chi connectivity index (χ4v) is 2.63. The maximum atomic E-state index is 12.6. The first-order valence-corrected chi connectivity index (χ1v) is 7.16. The average Bonchev–Trinajstić information content (AvgIpc) is 2.93. The minimum absolute atomic E-state index is 0.0483. The zero-order valence-electron chi connectivity index (χ0n) is 12.2. The van der Waals surface area contributed by atoms with Gasteiger partial charge in [0.1, 0.15) is 5.75 Å². The number of amides is 2. The Bertz CT molecular complexity index is 590. The maximum absolute atomic E-state index is 12.6. The lowest BCUT2D eigenvalue weighted by atomic mass is 10.0. The lowest BCUT2D eigenvalue weighted by Crippen LogP contribution is -2.44. The minimum Gasteiger partial charge on any atom is -0.484 e. The number of alkyl halides is 3. The largest absolute Gasteiger partial charge is 0.484 e. The normalized spacial score (nSPS) is 21.0. The van der Waals surface area contributed by atoms with Crippen molar-refractivity contribution in [1.82, 2.24) is 5.32 Å². The second-order valence-corrected chi connectivity index (χ2v) is 5.43. The molecule has 2 amide bonds. The Morgan fingerprint density at radius 1 is 1.30 bits per heavy atom. The molecule has 1 aliphatic rings. The zero-order chi connectivity index (χ0) is 17.0. The van der Waals surface area contributed by atoms with E-state index in [1.165, 1.54) is 12.1 Å². The number of nitrogens with one attached hydrogen (secondary N) is 1. The quantitative estimate of drug-likeness (QED) is 0.864. The highest BCUT2D eigenvalue weighted by atomic mass is 19.4. The van der Waals surface area contributed by atoms with Crippen molar-refractivity contribution in [2.45, 2.75) is 31.5 Å². The molecule has 23 heavy (non-hydrogen) atoms. The fourth-order valence-electron chi connectivity index (χ4n) is 2.63. The molecule has 2 rings (SSSR count). The van der Waals surface area contributed by atoms with E-state index in [1.54, 1.807) is 0 Å². The number of primary amides is 1. The number of carbonyl (C=O) groups is 2. The summed E-state index contributed by atoms with van der Waals surface area (Å²) in [6.45, 7) is -0.427. The van der Waals surface area contributed by atoms with Crippen molar-refractivity contribution in [1.29, 1.82) is 0 Å². The summed E-state index contributed by atoms with van der Waals surface area (Å²) in [5.74, 6) is -1.42. The third kappa shape index (κ3) is 4.61. The summed E-state index contributed by atoms with van der Waals surface area (Å²) in [6.07, 6.45) is -2.43. The molecule has 1 aliphatic carbocycles. The number of rotatable bonds is 5. The van der Waals surface area contributed by atoms with Crippen LogP contribution in [0.4, 0.5) is 13.2 Å². The standard InChI is InChI=1S/C15H17F3N2O3/c16-15(17,18)9-3-1-4-10(7-9)23-8-13(21)20-12-6-2-5-11(12)14(19)22/h1,3-4,7,11-12H,2,5-6,8H2,(H2,19,22)(H,20,21)/t11-,12+/m1/s1. The van der Waals surface area contributed by atoms with E-state index < -0.39 is 36.1 Å². The van der Waals surface area contributed by atoms with Gasteiger partial charge in [-0.05, 0) is 31.0 Å². The molecule has 0 unspecified atom stereocenters. The van der Waals surface area contributed by atoms with Crippen molar-refractivity contribution in [2.24, 2.45) is 11.7 Å². The highest BCUT2D eigenvalue weighted by Crippen LogP contribution is 2.31. The Morgan fingerprint density at radius 3 is 2.70 bits per heavy atom. The molecule has 8 heteroatoms. The van der Waals surface area contributed by atoms with E-state index in [0.717, 1.165) is 18.6 Å². The molecular formula is C15H17F3N2O3. The Kier molecular flexibility index (Phi) is 5.12. The van der Waals surface area contributed by atoms with E-state index in [2.05, 4.69) is 5.32 Å². The fraction of sp³-hybridized carbons (Fsp3) is 0.467. The summed E-state index contributed by atoms with van der Waals surface area (Å²) < 4.78 is 42.8. The Hall–Kier alpha value is -2.25. The molecule has 0 saturated heterocycles. The van der Waals surface area contributed by atoms with Crippen LogP contribution in [0.3, 0.4) is 0 Å². The van der Waals surface area contributed by atoms with E-state index in [1.807, 2.05) is 0 Å². The molecule has 0 heterocycles. The highest BCUT2D eigenvalue weighted by molar-refractivity contribution is 5.81. The first-order valence-electron chi connectivity index (χ1n) is 7.16. The van der Waals surface area contributed by atoms with Crippen molar-refractivity contribution in [3.8, 4) is 5.75 Å². The lowest BCUT2D eigenvalue weighted by Gasteiger charge is -2.18. The number of carbonyl (C=O) groups excluding carboxylic acids is 2. The Morgan fingerprint density at radius 2 is 2.04 bits per heavy atom. The highest BCUT2D eigenvalue weighted by Gasteiger charge is 2.33. The van der Waals surface area contributed by atoms with E-state index in [0.29, 0.717) is 12.8 Å². The van der Waals surface area contributed by atoms with E-state index in [4.69, 9.17) is 10.5 Å². The van der Waals surface area contributed by atoms with Crippen LogP contribution in [0.15, 0.2) is 24.3 Å². The van der Waals surface area contributed by atoms with Crippen LogP contribution in [0.1, 0.15) is 24.8 Å². The lowest BCUT2D eigenvalue weighted by molar-refractivity contribution is -0.137. The van der Waals surface area contributed by atoms with Gasteiger partial charge < -0.3 is 15.8 Å². The first-order chi connectivity index (χ1) is 10.8. The molecule has 2 atom stereocenters. The van der Waals surface area contributed by atoms with Crippen molar-refractivity contribution >= 4 is 11.8 Å². The minimum atomic E-state index is -4.47. The number of halogens is 3. The van der Waals surface area contributed by atoms with Gasteiger partial charge in [0.15, 0.2) is 6.61 Å². The van der Waals surface area contributed by atoms with Crippen LogP contribution in [0.2, 0.25) is 0 Å². The maximum Gasteiger partial charge on any atom is 0.416 e. The van der Waals surface area contributed by atoms with Crippen LogP contribution in [-0.4, -0.2) is 24.5 Å². The van der Waals surface area contributed by atoms with Gasteiger partial charge in [-0.3, -0.25) is 9.59 Å². The van der Waals surface area contributed by atoms with E-state index in [9.17, 15) is 22.8 Å². The summed E-state index contributed by atoms with van der Waals surface area (Å²) in [5, 5.41) is 2.64. The van der Waals surface area contributed by atoms with Gasteiger partial charge in [0.25, 0.3) is 5.91 Å². The van der Waals surface area contributed by atoms with Crippen LogP contribution in [0, 0.1) is 5.92 Å². The summed E-state index contributed by atoms with van der Waals surface area (Å²) >= 11 is 0. The van der Waals surface area contributed by atoms with Crippen LogP contribution in [0.5, 0.6) is 5.75 Å². The molecule has 126 valence electrons. The van der Waals surface area contributed by atoms with Crippen LogP contribution in [0.25, 0.3) is 0 Å². The number of benzene rings is 1. The van der Waals surface area contributed by atoms with Crippen molar-refractivity contribution in [2.75, 3.05) is 6.61 Å². The molecular weight excluding hydrogens is 313 g/mol. The molecule has 1 saturated carbocycles. The molecule has 0 bridgehead atoms. The molecule has 5 nitrogen and oxygen atoms in total. The van der Waals surface area contributed by atoms with Gasteiger partial charge in [-0.15, -0.1) is 0 Å². The Labute approximate surface area is 131 Å². The van der Waals surface area contributed by atoms with E-state index >= 15 is 0 Å². The summed E-state index contributed by atoms with van der Waals surface area (Å²) in [7, 11) is 0. The monoisotopic (exact) mass is 330 g/mol. The topological polar surface area (TPSA) is 81.4 Å². The smallest absolute Gasteiger partial charge is 0.416 e. The van der Waals surface area contributed by atoms with Crippen molar-refractivity contribution in [3.05, 3.63) is 29.8 Å². The number of hydrogen-bond donors (Lipinski definition) is 2. The van der Waals surface area contributed by atoms with Gasteiger partial charge in [0.05, 0.1) is 11.5 Å². The number of hydrogen-bond acceptors (Lipinski definition) is 3. The third-order valence-corrected chi connectivity index (χ3v) is 3.76. The molecule has 1 aromatic carbocycles. The van der Waals surface area contributed by atoms with Crippen LogP contribution in [-0.2, 0) is 15.8 Å². The zero-order valence-corrected chi connectivity index (χ0v) is 12.2. The molecule has 1 aromatic rings. The van der Waals surface area contributed by atoms with Gasteiger partial charge in [-0.2, -0.15) is 13.2 Å². The predicted octanol–water partition coefficient (Wildman–Crippen LogP) is 1.85. The average molecular weight is 330 g/mol. The van der Waals surface area contributed by atoms with Gasteiger partial charge in [-0.25, -0.2) is 0 Å². The molecule has 0 aromatic heterocycles. The molecule has 3 N–H and O–H groups in total. The number of nitrogens with two attached hydrogens (primary N) is 1. The van der Waals surface area contributed by atoms with Gasteiger partial charge >= 0.3 is 6.18 Å². The van der Waals surface area contributed by atoms with Gasteiger partial charge in [0.2, 0.25) is 5.91 Å². The second-order valence-electron chi connectivity index (χ2n) is 5.43. The van der Waals surface area contributed by atoms with Crippen molar-refractivity contribution < 1.29 is 27.5 Å². The molecule has 0 aliphatic heterocycles. The van der Waals surface area contributed by atoms with Gasteiger partial charge in [-0.1, -0.05) is 12.5 Å². The van der Waals surface area contributed by atoms with Crippen LogP contribution < -0.4 is 15.8 Å². The van der Waals surface area contributed by atoms with Gasteiger partial charge in [0, 0.05) is 6.04 Å². The van der Waals surface area contributed by atoms with Crippen LogP contribution >= 0.6 is 0 Å². The third-order valence-electron chi connectivity index (χ3n) is 3.76. The predicted molar refractivity (Wildman–Crippen MR) is 75.4 cm³/mol. The summed E-state index contributed by atoms with van der Waals surface area (Å²) in [4.78, 5) is 23.0. The van der Waals surface area contributed by atoms with Crippen molar-refractivity contribution in [3.63, 3.8) is 0 Å². The van der Waals surface area contributed by atoms with E-state index in [-0.39, 0.29) is 11.8 Å². The summed E-state index contributed by atoms with van der Waals surface area (Å²) in [6, 6.07) is 3.95. The molecule has 0 radical (unpaired) electrons. The molecule has 1 fully saturated rings. The Balaban J connectivity index is 1.88. The number of ether oxygens (including phenoxy) is 1. The SMILES string of the molecule is NC(=O)[C@@H]1CCC[C@@H]1NC(=O)COc1cccc(C(F)(F)F)c1. The second kappa shape index (κ2) is 6.89. The first kappa shape index (κ1) is 17.1.